The maximum atomic E-state index is 12.5. The van der Waals surface area contributed by atoms with Crippen molar-refractivity contribution >= 4 is 15.9 Å². The fourth-order valence-electron chi connectivity index (χ4n) is 2.76. The molecule has 7 nitrogen and oxygen atoms in total. The van der Waals surface area contributed by atoms with Gasteiger partial charge < -0.3 is 10.1 Å². The molecule has 0 saturated carbocycles. The molecule has 0 spiro atoms. The second kappa shape index (κ2) is 10.0. The molecule has 2 rings (SSSR count). The minimum absolute atomic E-state index is 0.121. The summed E-state index contributed by atoms with van der Waals surface area (Å²) in [5.74, 6) is -0.242. The van der Waals surface area contributed by atoms with Crippen LogP contribution < -0.4 is 10.0 Å². The van der Waals surface area contributed by atoms with Crippen molar-refractivity contribution in [3.05, 3.63) is 29.3 Å². The van der Waals surface area contributed by atoms with Gasteiger partial charge in [-0.25, -0.2) is 13.1 Å². The van der Waals surface area contributed by atoms with E-state index in [4.69, 9.17) is 4.74 Å². The number of hydrogen-bond donors (Lipinski definition) is 2. The highest BCUT2D eigenvalue weighted by atomic mass is 32.2. The Labute approximate surface area is 156 Å². The van der Waals surface area contributed by atoms with Gasteiger partial charge in [0.1, 0.15) is 0 Å². The van der Waals surface area contributed by atoms with Gasteiger partial charge in [0.2, 0.25) is 10.0 Å². The Kier molecular flexibility index (Phi) is 8.02. The van der Waals surface area contributed by atoms with Gasteiger partial charge in [-0.2, -0.15) is 0 Å². The molecular weight excluding hydrogens is 354 g/mol. The summed E-state index contributed by atoms with van der Waals surface area (Å²) < 4.78 is 32.9. The number of ether oxygens (including phenoxy) is 1. The predicted octanol–water partition coefficient (Wildman–Crippen LogP) is 1.14. The molecule has 0 unspecified atom stereocenters. The van der Waals surface area contributed by atoms with E-state index >= 15 is 0 Å². The first-order valence-corrected chi connectivity index (χ1v) is 10.6. The van der Waals surface area contributed by atoms with Crippen molar-refractivity contribution in [3.8, 4) is 0 Å². The van der Waals surface area contributed by atoms with Crippen LogP contribution in [0.1, 0.15) is 35.7 Å². The summed E-state index contributed by atoms with van der Waals surface area (Å²) in [6.07, 6.45) is 1.56. The number of amides is 1. The molecule has 0 atom stereocenters. The van der Waals surface area contributed by atoms with Crippen LogP contribution in [0.3, 0.4) is 0 Å². The van der Waals surface area contributed by atoms with Crippen LogP contribution >= 0.6 is 0 Å². The minimum atomic E-state index is -3.63. The van der Waals surface area contributed by atoms with Crippen molar-refractivity contribution < 1.29 is 17.9 Å². The first kappa shape index (κ1) is 20.8. The van der Waals surface area contributed by atoms with Crippen molar-refractivity contribution in [2.45, 2.75) is 31.6 Å². The summed E-state index contributed by atoms with van der Waals surface area (Å²) >= 11 is 0. The first-order valence-electron chi connectivity index (χ1n) is 9.12. The van der Waals surface area contributed by atoms with Gasteiger partial charge in [0.05, 0.1) is 18.1 Å². The summed E-state index contributed by atoms with van der Waals surface area (Å²) in [6, 6.07) is 4.66. The van der Waals surface area contributed by atoms with Crippen molar-refractivity contribution in [2.24, 2.45) is 0 Å². The molecule has 8 heteroatoms. The predicted molar refractivity (Wildman–Crippen MR) is 101 cm³/mol. The Morgan fingerprint density at radius 1 is 1.23 bits per heavy atom. The van der Waals surface area contributed by atoms with Gasteiger partial charge >= 0.3 is 0 Å². The minimum Gasteiger partial charge on any atom is -0.379 e. The molecule has 0 bridgehead atoms. The van der Waals surface area contributed by atoms with E-state index in [0.29, 0.717) is 18.7 Å². The number of morpholine rings is 1. The summed E-state index contributed by atoms with van der Waals surface area (Å²) in [5, 5.41) is 2.79. The molecule has 1 amide bonds. The third kappa shape index (κ3) is 6.05. The Balaban J connectivity index is 1.93. The third-order valence-corrected chi connectivity index (χ3v) is 5.81. The third-order valence-electron chi connectivity index (χ3n) is 4.35. The largest absolute Gasteiger partial charge is 0.379 e. The molecule has 1 fully saturated rings. The number of nitrogens with zero attached hydrogens (tertiary/aromatic N) is 1. The lowest BCUT2D eigenvalue weighted by molar-refractivity contribution is 0.0376. The van der Waals surface area contributed by atoms with Crippen LogP contribution in [0.25, 0.3) is 0 Å². The van der Waals surface area contributed by atoms with Crippen LogP contribution in [-0.4, -0.2) is 65.2 Å². The second-order valence-corrected chi connectivity index (χ2v) is 8.20. The van der Waals surface area contributed by atoms with Gasteiger partial charge in [0.25, 0.3) is 5.91 Å². The zero-order valence-electron chi connectivity index (χ0n) is 15.6. The number of carbonyl (C=O) groups is 1. The average Bonchev–Trinajstić information content (AvgIpc) is 2.64. The van der Waals surface area contributed by atoms with Gasteiger partial charge in [-0.15, -0.1) is 0 Å². The number of aryl methyl sites for hydroxylation is 1. The van der Waals surface area contributed by atoms with Crippen LogP contribution in [0.2, 0.25) is 0 Å². The molecule has 1 aromatic carbocycles. The highest BCUT2D eigenvalue weighted by Gasteiger charge is 2.18. The van der Waals surface area contributed by atoms with Gasteiger partial charge in [0.15, 0.2) is 0 Å². The van der Waals surface area contributed by atoms with Crippen LogP contribution in [0.4, 0.5) is 0 Å². The van der Waals surface area contributed by atoms with Crippen molar-refractivity contribution in [2.75, 3.05) is 45.9 Å². The Morgan fingerprint density at radius 3 is 2.65 bits per heavy atom. The number of benzene rings is 1. The molecule has 1 heterocycles. The summed E-state index contributed by atoms with van der Waals surface area (Å²) in [4.78, 5) is 14.6. The molecule has 1 aliphatic rings. The van der Waals surface area contributed by atoms with Gasteiger partial charge in [-0.1, -0.05) is 13.0 Å². The molecule has 0 radical (unpaired) electrons. The van der Waals surface area contributed by atoms with Crippen molar-refractivity contribution in [1.29, 1.82) is 0 Å². The van der Waals surface area contributed by atoms with Crippen LogP contribution in [0.5, 0.6) is 0 Å². The Bertz CT molecular complexity index is 700. The molecule has 0 aliphatic carbocycles. The van der Waals surface area contributed by atoms with E-state index in [-0.39, 0.29) is 10.8 Å². The molecular formula is C18H29N3O4S. The topological polar surface area (TPSA) is 87.7 Å². The maximum Gasteiger partial charge on any atom is 0.251 e. The lowest BCUT2D eigenvalue weighted by Gasteiger charge is -2.26. The smallest absolute Gasteiger partial charge is 0.251 e. The zero-order valence-corrected chi connectivity index (χ0v) is 16.4. The number of hydrogen-bond acceptors (Lipinski definition) is 5. The fourth-order valence-corrected chi connectivity index (χ4v) is 3.86. The highest BCUT2D eigenvalue weighted by Crippen LogP contribution is 2.16. The standard InChI is InChI=1S/C18H29N3O4S/c1-3-7-19-18(22)17-14-16(6-5-15(17)2)26(23,24)20-8-4-9-21-10-12-25-13-11-21/h5-6,14,20H,3-4,7-13H2,1-2H3,(H,19,22). The van der Waals surface area contributed by atoms with Gasteiger partial charge in [0, 0.05) is 31.7 Å². The molecule has 2 N–H and O–H groups in total. The van der Waals surface area contributed by atoms with E-state index in [1.54, 1.807) is 13.0 Å². The van der Waals surface area contributed by atoms with Crippen molar-refractivity contribution in [1.82, 2.24) is 14.9 Å². The van der Waals surface area contributed by atoms with Gasteiger partial charge in [-0.05, 0) is 44.0 Å². The van der Waals surface area contributed by atoms with Crippen LogP contribution in [-0.2, 0) is 14.8 Å². The number of nitrogens with one attached hydrogen (secondary N) is 2. The molecule has 1 aliphatic heterocycles. The summed E-state index contributed by atoms with van der Waals surface area (Å²) in [5.41, 5.74) is 1.15. The lowest BCUT2D eigenvalue weighted by Crippen LogP contribution is -2.38. The van der Waals surface area contributed by atoms with E-state index in [9.17, 15) is 13.2 Å². The highest BCUT2D eigenvalue weighted by molar-refractivity contribution is 7.89. The van der Waals surface area contributed by atoms with Gasteiger partial charge in [-0.3, -0.25) is 9.69 Å². The number of rotatable bonds is 9. The lowest BCUT2D eigenvalue weighted by atomic mass is 10.1. The average molecular weight is 384 g/mol. The van der Waals surface area contributed by atoms with E-state index in [0.717, 1.165) is 51.3 Å². The Hall–Kier alpha value is -1.48. The number of sulfonamides is 1. The van der Waals surface area contributed by atoms with Crippen molar-refractivity contribution in [3.63, 3.8) is 0 Å². The number of carbonyl (C=O) groups excluding carboxylic acids is 1. The van der Waals surface area contributed by atoms with E-state index in [2.05, 4.69) is 14.9 Å². The Morgan fingerprint density at radius 2 is 1.96 bits per heavy atom. The van der Waals surface area contributed by atoms with E-state index in [1.807, 2.05) is 6.92 Å². The maximum absolute atomic E-state index is 12.5. The quantitative estimate of drug-likeness (QED) is 0.624. The summed E-state index contributed by atoms with van der Waals surface area (Å²) in [6.45, 7) is 8.78. The molecule has 1 saturated heterocycles. The monoisotopic (exact) mass is 383 g/mol. The molecule has 1 aromatic rings. The SMILES string of the molecule is CCCNC(=O)c1cc(S(=O)(=O)NCCCN2CCOCC2)ccc1C. The van der Waals surface area contributed by atoms with Crippen LogP contribution in [0.15, 0.2) is 23.1 Å². The van der Waals surface area contributed by atoms with Crippen LogP contribution in [0, 0.1) is 6.92 Å². The molecule has 146 valence electrons. The molecule has 0 aromatic heterocycles. The summed E-state index contributed by atoms with van der Waals surface area (Å²) in [7, 11) is -3.63. The fraction of sp³-hybridized carbons (Fsp3) is 0.611. The molecule has 26 heavy (non-hydrogen) atoms. The first-order chi connectivity index (χ1) is 12.4. The van der Waals surface area contributed by atoms with E-state index in [1.165, 1.54) is 12.1 Å². The normalized spacial score (nSPS) is 15.8. The second-order valence-electron chi connectivity index (χ2n) is 6.44. The zero-order chi connectivity index (χ0) is 19.0. The van der Waals surface area contributed by atoms with E-state index < -0.39 is 10.0 Å².